The minimum absolute atomic E-state index is 0. The Hall–Kier alpha value is -6.66. The molecule has 6 amide bonds. The standard InChI is InChI=1S/C31H59N7O9.C14H29N3O3.3CO2.CH4/c1-4-13-23(28(42)43)37-30(46)35-18-11-7-5-6-10-17-34-25(27(41)22(2)3)20-33-21-32-16-9-8-12-19-36-31(47)38-24(29(44)45)14-15-26(39)40;1-4-8-12(13(18)19)17-14(20)16-10-7-5-6-9-15-11(2)3;3*2-1-3;/h22-25,32-34H,4-21H2,1-3H3,(H,39,40)(H,42,43)(H,44,45)(H2,35,37,46)(H2,36,38,47);11-12,15H,4-10H2,1-3H3,(H,18,19)(H2,16,17,20);;;;1H4. The maximum Gasteiger partial charge on any atom is 0.373 e. The SMILES string of the molecule is C.CCCC(NC(=O)NCCCCCCCNC(CNCNCCCCCNC(=O)NC(CCC(=O)O)C(=O)O)C(=O)C(C)C)C(=O)O.CCCC(NC(=O)NCCCCCNC(C)C)C(=O)O.O=C=O.O=C=O.O=C=O. The molecule has 0 aromatic carbocycles. The van der Waals surface area contributed by atoms with Gasteiger partial charge in [0.05, 0.1) is 6.04 Å². The Morgan fingerprint density at radius 2 is 0.753 bits per heavy atom. The number of ketones is 1. The number of amides is 6. The average Bonchev–Trinajstić information content (AvgIpc) is 3.34. The van der Waals surface area contributed by atoms with Crippen molar-refractivity contribution in [2.24, 2.45) is 5.92 Å². The number of unbranched alkanes of at least 4 members (excludes halogenated alkanes) is 8. The lowest BCUT2D eigenvalue weighted by Gasteiger charge is -2.20. The predicted molar refractivity (Wildman–Crippen MR) is 279 cm³/mol. The molecule has 4 atom stereocenters. The van der Waals surface area contributed by atoms with Gasteiger partial charge in [-0.15, -0.1) is 0 Å². The molecular formula is C49H92N10O18. The molecule has 0 aliphatic carbocycles. The van der Waals surface area contributed by atoms with Crippen molar-refractivity contribution in [2.45, 2.75) is 188 Å². The Balaban J connectivity index is -0.000000346. The number of rotatable bonds is 41. The number of carbonyl (C=O) groups is 8. The van der Waals surface area contributed by atoms with Crippen LogP contribution < -0.4 is 53.2 Å². The van der Waals surface area contributed by atoms with Crippen LogP contribution in [0.15, 0.2) is 0 Å². The van der Waals surface area contributed by atoms with Crippen molar-refractivity contribution in [3.05, 3.63) is 0 Å². The Morgan fingerprint density at radius 3 is 1.09 bits per heavy atom. The van der Waals surface area contributed by atoms with Gasteiger partial charge in [0.15, 0.2) is 5.78 Å². The molecule has 0 fully saturated rings. The quantitative estimate of drug-likeness (QED) is 0.0308. The molecule has 0 aromatic rings. The third-order valence-electron chi connectivity index (χ3n) is 10.2. The van der Waals surface area contributed by atoms with E-state index in [1.807, 2.05) is 27.7 Å². The van der Waals surface area contributed by atoms with Gasteiger partial charge in [0, 0.05) is 51.2 Å². The molecular weight excluding hydrogens is 1020 g/mol. The molecule has 14 N–H and O–H groups in total. The van der Waals surface area contributed by atoms with Gasteiger partial charge in [0.25, 0.3) is 0 Å². The van der Waals surface area contributed by atoms with Crippen LogP contribution in [0.1, 0.15) is 158 Å². The maximum absolute atomic E-state index is 12.7. The number of carbonyl (C=O) groups excluding carboxylic acids is 10. The maximum atomic E-state index is 12.7. The predicted octanol–water partition coefficient (Wildman–Crippen LogP) is 2.19. The summed E-state index contributed by atoms with van der Waals surface area (Å²) < 4.78 is 0. The first kappa shape index (κ1) is 81.7. The van der Waals surface area contributed by atoms with Crippen molar-refractivity contribution < 1.29 is 87.5 Å². The molecule has 4 unspecified atom stereocenters. The third kappa shape index (κ3) is 61.8. The van der Waals surface area contributed by atoms with E-state index in [0.717, 1.165) is 90.3 Å². The van der Waals surface area contributed by atoms with Gasteiger partial charge in [0.1, 0.15) is 18.1 Å². The van der Waals surface area contributed by atoms with E-state index < -0.39 is 60.1 Å². The third-order valence-corrected chi connectivity index (χ3v) is 10.2. The summed E-state index contributed by atoms with van der Waals surface area (Å²) in [5, 5.41) is 64.3. The van der Waals surface area contributed by atoms with E-state index in [2.05, 4.69) is 67.0 Å². The fourth-order valence-electron chi connectivity index (χ4n) is 6.35. The van der Waals surface area contributed by atoms with Crippen LogP contribution in [0.2, 0.25) is 0 Å². The molecule has 0 saturated heterocycles. The van der Waals surface area contributed by atoms with Gasteiger partial charge >= 0.3 is 60.4 Å². The Labute approximate surface area is 452 Å². The van der Waals surface area contributed by atoms with Crippen molar-refractivity contribution in [1.29, 1.82) is 0 Å². The molecule has 0 aromatic heterocycles. The molecule has 0 rings (SSSR count). The van der Waals surface area contributed by atoms with Crippen LogP contribution in [0.3, 0.4) is 0 Å². The molecule has 0 saturated carbocycles. The minimum atomic E-state index is -1.28. The van der Waals surface area contributed by atoms with Crippen LogP contribution in [0, 0.1) is 5.92 Å². The molecule has 77 heavy (non-hydrogen) atoms. The van der Waals surface area contributed by atoms with Gasteiger partial charge in [-0.1, -0.05) is 93.9 Å². The lowest BCUT2D eigenvalue weighted by Crippen LogP contribution is -2.48. The van der Waals surface area contributed by atoms with E-state index in [1.165, 1.54) is 0 Å². The lowest BCUT2D eigenvalue weighted by atomic mass is 10.0. The molecule has 446 valence electrons. The number of hydrogen-bond acceptors (Lipinski definition) is 18. The summed E-state index contributed by atoms with van der Waals surface area (Å²) in [6.45, 7) is 16.7. The van der Waals surface area contributed by atoms with Crippen molar-refractivity contribution >= 4 is 66.2 Å². The largest absolute Gasteiger partial charge is 0.481 e. The number of hydrogen-bond donors (Lipinski definition) is 14. The molecule has 0 bridgehead atoms. The normalized spacial score (nSPS) is 11.4. The van der Waals surface area contributed by atoms with Gasteiger partial charge in [-0.05, 0) is 77.4 Å². The fourth-order valence-corrected chi connectivity index (χ4v) is 6.35. The first-order valence-electron chi connectivity index (χ1n) is 25.5. The summed E-state index contributed by atoms with van der Waals surface area (Å²) in [6, 6.07) is -4.20. The topological polar surface area (TPSA) is 440 Å². The van der Waals surface area contributed by atoms with Crippen molar-refractivity contribution in [3.8, 4) is 0 Å². The highest BCUT2D eigenvalue weighted by molar-refractivity contribution is 5.86. The van der Waals surface area contributed by atoms with Crippen molar-refractivity contribution in [1.82, 2.24) is 53.2 Å². The van der Waals surface area contributed by atoms with E-state index in [9.17, 15) is 38.4 Å². The van der Waals surface area contributed by atoms with E-state index in [-0.39, 0.29) is 56.5 Å². The Kier molecular flexibility index (Phi) is 63.9. The molecule has 0 aliphatic rings. The van der Waals surface area contributed by atoms with Crippen LogP contribution >= 0.6 is 0 Å². The van der Waals surface area contributed by atoms with Gasteiger partial charge in [-0.25, -0.2) is 28.8 Å². The Bertz CT molecular complexity index is 1650. The molecule has 28 heteroatoms. The monoisotopic (exact) mass is 1110 g/mol. The Morgan fingerprint density at radius 1 is 0.429 bits per heavy atom. The highest BCUT2D eigenvalue weighted by Crippen LogP contribution is 2.05. The lowest BCUT2D eigenvalue weighted by molar-refractivity contribution is -0.193. The fraction of sp³-hybridized carbons (Fsp3) is 0.776. The first-order chi connectivity index (χ1) is 36.1. The zero-order valence-electron chi connectivity index (χ0n) is 45.1. The smallest absolute Gasteiger partial charge is 0.373 e. The summed E-state index contributed by atoms with van der Waals surface area (Å²) in [5.41, 5.74) is 0. The zero-order valence-corrected chi connectivity index (χ0v) is 45.1. The van der Waals surface area contributed by atoms with E-state index in [4.69, 9.17) is 49.2 Å². The van der Waals surface area contributed by atoms with Gasteiger partial charge in [-0.3, -0.25) is 9.59 Å². The van der Waals surface area contributed by atoms with Crippen molar-refractivity contribution in [2.75, 3.05) is 52.5 Å². The van der Waals surface area contributed by atoms with Crippen LogP contribution in [0.4, 0.5) is 14.4 Å². The summed E-state index contributed by atoms with van der Waals surface area (Å²) in [6.07, 6.45) is 12.5. The molecule has 0 radical (unpaired) electrons. The second-order valence-electron chi connectivity index (χ2n) is 17.3. The molecule has 0 heterocycles. The van der Waals surface area contributed by atoms with Crippen LogP contribution in [-0.4, -0.2) is 169 Å². The van der Waals surface area contributed by atoms with Crippen LogP contribution in [0.5, 0.6) is 0 Å². The number of nitrogens with one attached hydrogen (secondary N) is 10. The average molecular weight is 1110 g/mol. The van der Waals surface area contributed by atoms with Crippen LogP contribution in [-0.2, 0) is 52.7 Å². The summed E-state index contributed by atoms with van der Waals surface area (Å²) >= 11 is 0. The van der Waals surface area contributed by atoms with E-state index in [0.29, 0.717) is 64.6 Å². The summed E-state index contributed by atoms with van der Waals surface area (Å²) in [4.78, 5) is 140. The second-order valence-corrected chi connectivity index (χ2v) is 17.3. The second kappa shape index (κ2) is 60.2. The zero-order chi connectivity index (χ0) is 59.0. The van der Waals surface area contributed by atoms with Gasteiger partial charge in [0.2, 0.25) is 0 Å². The number of aliphatic carboxylic acids is 4. The van der Waals surface area contributed by atoms with Gasteiger partial charge < -0.3 is 73.6 Å². The first-order valence-corrected chi connectivity index (χ1v) is 25.5. The number of urea groups is 3. The number of carboxylic acids is 4. The molecule has 28 nitrogen and oxygen atoms in total. The van der Waals surface area contributed by atoms with Gasteiger partial charge in [-0.2, -0.15) is 28.8 Å². The van der Waals surface area contributed by atoms with E-state index >= 15 is 0 Å². The minimum Gasteiger partial charge on any atom is -0.481 e. The summed E-state index contributed by atoms with van der Waals surface area (Å²) in [7, 11) is 0. The van der Waals surface area contributed by atoms with Crippen molar-refractivity contribution in [3.63, 3.8) is 0 Å². The molecule has 0 spiro atoms. The molecule has 0 aliphatic heterocycles. The van der Waals surface area contributed by atoms with Crippen LogP contribution in [0.25, 0.3) is 0 Å². The summed E-state index contributed by atoms with van der Waals surface area (Å²) in [5.74, 6) is -4.36. The number of carboxylic acid groups (broad SMARTS) is 4. The highest BCUT2D eigenvalue weighted by atomic mass is 16.4. The van der Waals surface area contributed by atoms with E-state index in [1.54, 1.807) is 0 Å². The highest BCUT2D eigenvalue weighted by Gasteiger charge is 2.22. The number of Topliss-reactive ketones (excluding diaryl/α,β-unsaturated/α-hetero) is 1.